The molecule has 0 aliphatic carbocycles. The molecule has 0 radical (unpaired) electrons. The zero-order valence-corrected chi connectivity index (χ0v) is 50.0. The Balaban J connectivity index is 5.18. The number of nitrogens with zero attached hydrogens (tertiary/aromatic N) is 2. The predicted octanol–water partition coefficient (Wildman–Crippen LogP) is 18.5. The largest absolute Gasteiger partial charge is 0.465 e. The van der Waals surface area contributed by atoms with Crippen molar-refractivity contribution in [1.29, 1.82) is 0 Å². The van der Waals surface area contributed by atoms with Gasteiger partial charge in [-0.2, -0.15) is 0 Å². The fraction of sp³-hybridized carbons (Fsp3) is 0.951. The number of carbonyl (C=O) groups is 3. The van der Waals surface area contributed by atoms with Crippen molar-refractivity contribution in [2.75, 3.05) is 51.8 Å². The Hall–Kier alpha value is -0.970. The molecule has 0 aromatic rings. The molecular formula is C61H120N2O6S2. The Labute approximate surface area is 450 Å². The molecule has 0 aliphatic heterocycles. The van der Waals surface area contributed by atoms with Crippen molar-refractivity contribution in [1.82, 2.24) is 9.80 Å². The summed E-state index contributed by atoms with van der Waals surface area (Å²) in [5, 5.41) is 0. The van der Waals surface area contributed by atoms with E-state index in [4.69, 9.17) is 14.2 Å². The van der Waals surface area contributed by atoms with Crippen LogP contribution in [0, 0.1) is 0 Å². The summed E-state index contributed by atoms with van der Waals surface area (Å²) in [7, 11) is 8.04. The zero-order valence-electron chi connectivity index (χ0n) is 48.3. The maximum absolute atomic E-state index is 13.0. The van der Waals surface area contributed by atoms with E-state index in [1.54, 1.807) is 0 Å². The molecule has 10 heteroatoms. The third-order valence-electron chi connectivity index (χ3n) is 14.2. The molecule has 0 atom stereocenters. The normalized spacial score (nSPS) is 11.8. The molecule has 0 rings (SSSR count). The molecule has 0 N–H and O–H groups in total. The third-order valence-corrected chi connectivity index (χ3v) is 16.7. The molecule has 422 valence electrons. The molecule has 0 heterocycles. The highest BCUT2D eigenvalue weighted by atomic mass is 33.1. The first-order chi connectivity index (χ1) is 34.7. The molecule has 0 aromatic heterocycles. The first-order valence-electron chi connectivity index (χ1n) is 30.9. The highest BCUT2D eigenvalue weighted by molar-refractivity contribution is 8.76. The second kappa shape index (κ2) is 55.3. The zero-order chi connectivity index (χ0) is 52.1. The Kier molecular flexibility index (Phi) is 54.5. The van der Waals surface area contributed by atoms with Crippen molar-refractivity contribution in [2.24, 2.45) is 0 Å². The van der Waals surface area contributed by atoms with Gasteiger partial charge in [-0.15, -0.1) is 0 Å². The summed E-state index contributed by atoms with van der Waals surface area (Å²) in [6, 6.07) is 0.461. The number of esters is 3. The average molecular weight is 1040 g/mol. The first-order valence-corrected chi connectivity index (χ1v) is 33.4. The van der Waals surface area contributed by atoms with E-state index < -0.39 is 0 Å². The number of rotatable bonds is 57. The molecule has 0 fully saturated rings. The number of hydrogen-bond acceptors (Lipinski definition) is 10. The molecule has 0 unspecified atom stereocenters. The van der Waals surface area contributed by atoms with Crippen LogP contribution in [0.1, 0.15) is 304 Å². The van der Waals surface area contributed by atoms with Gasteiger partial charge in [0.25, 0.3) is 0 Å². The van der Waals surface area contributed by atoms with Crippen molar-refractivity contribution in [2.45, 2.75) is 323 Å². The van der Waals surface area contributed by atoms with Gasteiger partial charge in [0.05, 0.1) is 6.42 Å². The van der Waals surface area contributed by atoms with Crippen LogP contribution in [0.25, 0.3) is 0 Å². The van der Waals surface area contributed by atoms with Gasteiger partial charge in [0.2, 0.25) is 0 Å². The highest BCUT2D eigenvalue weighted by Gasteiger charge is 2.21. The molecule has 0 bridgehead atoms. The van der Waals surface area contributed by atoms with E-state index in [0.717, 1.165) is 96.0 Å². The molecular weight excluding hydrogens is 921 g/mol. The van der Waals surface area contributed by atoms with E-state index in [1.165, 1.54) is 186 Å². The summed E-state index contributed by atoms with van der Waals surface area (Å²) in [6.07, 6.45) is 47.6. The maximum Gasteiger partial charge on any atom is 0.307 e. The second-order valence-electron chi connectivity index (χ2n) is 21.5. The molecule has 0 spiro atoms. The van der Waals surface area contributed by atoms with Gasteiger partial charge in [-0.25, -0.2) is 0 Å². The second-order valence-corrected chi connectivity index (χ2v) is 24.2. The standard InChI is InChI=1S/C61H120N2O6S2/c1-8-13-18-33-43-57(44-34-19-14-9-2)68-60(65)47-37-29-25-23-27-31-41-56(63(51-40-50-62(6)7)52-49-59(64)67-53-55-71-70-54-39-22-17-12-5)42-32-28-24-26-30-38-48-61(66)69-58(45-35-20-15-10-3)46-36-21-16-11-4/h56-58H,8-55H2,1-7H3. The van der Waals surface area contributed by atoms with Crippen LogP contribution in [-0.4, -0.2) is 97.8 Å². The van der Waals surface area contributed by atoms with Crippen LogP contribution in [0.15, 0.2) is 0 Å². The van der Waals surface area contributed by atoms with Crippen molar-refractivity contribution in [3.63, 3.8) is 0 Å². The molecule has 0 aliphatic rings. The summed E-state index contributed by atoms with van der Waals surface area (Å²) >= 11 is 0. The quantitative estimate of drug-likeness (QED) is 0.0254. The van der Waals surface area contributed by atoms with E-state index in [-0.39, 0.29) is 30.1 Å². The van der Waals surface area contributed by atoms with Gasteiger partial charge < -0.3 is 19.1 Å². The van der Waals surface area contributed by atoms with Crippen LogP contribution in [0.3, 0.4) is 0 Å². The van der Waals surface area contributed by atoms with Gasteiger partial charge in [0, 0.05) is 36.9 Å². The van der Waals surface area contributed by atoms with Crippen molar-refractivity contribution in [3.8, 4) is 0 Å². The lowest BCUT2D eigenvalue weighted by Gasteiger charge is -2.32. The van der Waals surface area contributed by atoms with Crippen LogP contribution in [0.4, 0.5) is 0 Å². The van der Waals surface area contributed by atoms with E-state index in [2.05, 4.69) is 58.5 Å². The molecule has 0 saturated heterocycles. The molecule has 8 nitrogen and oxygen atoms in total. The fourth-order valence-electron chi connectivity index (χ4n) is 9.70. The topological polar surface area (TPSA) is 85.4 Å². The van der Waals surface area contributed by atoms with Crippen LogP contribution >= 0.6 is 21.6 Å². The lowest BCUT2D eigenvalue weighted by molar-refractivity contribution is -0.151. The lowest BCUT2D eigenvalue weighted by atomic mass is 9.98. The van der Waals surface area contributed by atoms with Crippen LogP contribution in [0.5, 0.6) is 0 Å². The number of unbranched alkanes of at least 4 members (excludes halogenated alkanes) is 25. The van der Waals surface area contributed by atoms with E-state index in [1.807, 2.05) is 21.6 Å². The Morgan fingerprint density at radius 1 is 0.366 bits per heavy atom. The summed E-state index contributed by atoms with van der Waals surface area (Å²) in [6.45, 7) is 14.5. The van der Waals surface area contributed by atoms with Crippen molar-refractivity contribution >= 4 is 39.5 Å². The minimum Gasteiger partial charge on any atom is -0.465 e. The summed E-state index contributed by atoms with van der Waals surface area (Å²) in [5.41, 5.74) is 0. The lowest BCUT2D eigenvalue weighted by Crippen LogP contribution is -2.39. The number of hydrogen-bond donors (Lipinski definition) is 0. The Bertz CT molecular complexity index is 1060. The van der Waals surface area contributed by atoms with Gasteiger partial charge in [-0.05, 0) is 117 Å². The number of carbonyl (C=O) groups excluding carboxylic acids is 3. The highest BCUT2D eigenvalue weighted by Crippen LogP contribution is 2.24. The fourth-order valence-corrected chi connectivity index (χ4v) is 11.7. The van der Waals surface area contributed by atoms with Crippen LogP contribution < -0.4 is 0 Å². The van der Waals surface area contributed by atoms with E-state index in [9.17, 15) is 14.4 Å². The molecule has 0 amide bonds. The van der Waals surface area contributed by atoms with E-state index >= 15 is 0 Å². The van der Waals surface area contributed by atoms with Gasteiger partial charge >= 0.3 is 17.9 Å². The summed E-state index contributed by atoms with van der Waals surface area (Å²) in [4.78, 5) is 43.7. The molecule has 71 heavy (non-hydrogen) atoms. The van der Waals surface area contributed by atoms with Gasteiger partial charge in [-0.1, -0.05) is 217 Å². The summed E-state index contributed by atoms with van der Waals surface area (Å²) in [5.74, 6) is 1.99. The van der Waals surface area contributed by atoms with E-state index in [0.29, 0.717) is 31.9 Å². The van der Waals surface area contributed by atoms with Crippen molar-refractivity contribution < 1.29 is 28.6 Å². The van der Waals surface area contributed by atoms with Crippen molar-refractivity contribution in [3.05, 3.63) is 0 Å². The SMILES string of the molecule is CCCCCCSSCCOC(=O)CCN(CCCN(C)C)C(CCCCCCCCC(=O)OC(CCCCCC)CCCCCC)CCCCCCCCC(=O)OC(CCCCCC)CCCCCC. The first kappa shape index (κ1) is 70.0. The van der Waals surface area contributed by atoms with Gasteiger partial charge in [-0.3, -0.25) is 19.3 Å². The Morgan fingerprint density at radius 2 is 0.732 bits per heavy atom. The maximum atomic E-state index is 13.0. The smallest absolute Gasteiger partial charge is 0.307 e. The Morgan fingerprint density at radius 3 is 1.15 bits per heavy atom. The average Bonchev–Trinajstić information content (AvgIpc) is 3.35. The predicted molar refractivity (Wildman–Crippen MR) is 312 cm³/mol. The molecule has 0 saturated carbocycles. The number of ether oxygens (including phenoxy) is 3. The minimum absolute atomic E-state index is 0.0121. The minimum atomic E-state index is -0.0633. The third kappa shape index (κ3) is 49.7. The molecule has 0 aromatic carbocycles. The van der Waals surface area contributed by atoms with Crippen LogP contribution in [-0.2, 0) is 28.6 Å². The van der Waals surface area contributed by atoms with Gasteiger partial charge in [0.1, 0.15) is 18.8 Å². The summed E-state index contributed by atoms with van der Waals surface area (Å²) < 4.78 is 17.8. The monoisotopic (exact) mass is 1040 g/mol. The van der Waals surface area contributed by atoms with Gasteiger partial charge in [0.15, 0.2) is 0 Å². The van der Waals surface area contributed by atoms with Crippen LogP contribution in [0.2, 0.25) is 0 Å².